The van der Waals surface area contributed by atoms with Crippen LogP contribution in [-0.2, 0) is 0 Å². The van der Waals surface area contributed by atoms with E-state index < -0.39 is 0 Å². The summed E-state index contributed by atoms with van der Waals surface area (Å²) in [5, 5.41) is 2.75. The highest BCUT2D eigenvalue weighted by Gasteiger charge is 2.12. The van der Waals surface area contributed by atoms with Crippen molar-refractivity contribution in [2.75, 3.05) is 5.32 Å². The number of nitrogens with one attached hydrogen (secondary N) is 2. The van der Waals surface area contributed by atoms with E-state index in [2.05, 4.69) is 20.3 Å². The smallest absolute Gasteiger partial charge is 0.259 e. The maximum atomic E-state index is 12.4. The molecule has 1 atom stereocenters. The predicted molar refractivity (Wildman–Crippen MR) is 104 cm³/mol. The molecule has 1 amide bonds. The lowest BCUT2D eigenvalue weighted by Crippen LogP contribution is -2.13. The van der Waals surface area contributed by atoms with E-state index in [4.69, 9.17) is 4.74 Å². The van der Waals surface area contributed by atoms with Gasteiger partial charge in [0.25, 0.3) is 5.91 Å². The Bertz CT molecular complexity index is 1030. The Morgan fingerprint density at radius 2 is 1.81 bits per heavy atom. The molecule has 2 aromatic heterocycles. The fraction of sp³-hybridized carbons (Fsp3) is 0.0952. The quantitative estimate of drug-likeness (QED) is 0.556. The molecule has 0 aliphatic rings. The van der Waals surface area contributed by atoms with Gasteiger partial charge in [0.1, 0.15) is 6.10 Å². The first-order chi connectivity index (χ1) is 13.2. The molecule has 0 radical (unpaired) electrons. The number of para-hydroxylation sites is 2. The molecule has 0 saturated heterocycles. The molecule has 6 heteroatoms. The summed E-state index contributed by atoms with van der Waals surface area (Å²) in [4.78, 5) is 24.0. The van der Waals surface area contributed by atoms with E-state index in [9.17, 15) is 4.79 Å². The van der Waals surface area contributed by atoms with E-state index in [1.807, 2.05) is 61.5 Å². The molecule has 4 rings (SSSR count). The predicted octanol–water partition coefficient (Wildman–Crippen LogP) is 4.35. The number of pyridine rings is 1. The lowest BCUT2D eigenvalue weighted by molar-refractivity contribution is 0.102. The van der Waals surface area contributed by atoms with Crippen LogP contribution in [0.2, 0.25) is 0 Å². The number of hydrogen-bond donors (Lipinski definition) is 2. The van der Waals surface area contributed by atoms with Gasteiger partial charge in [0.15, 0.2) is 0 Å². The molecule has 0 aliphatic heterocycles. The van der Waals surface area contributed by atoms with Crippen LogP contribution in [0.1, 0.15) is 28.9 Å². The van der Waals surface area contributed by atoms with Gasteiger partial charge >= 0.3 is 0 Å². The van der Waals surface area contributed by atoms with Crippen LogP contribution in [0.15, 0.2) is 72.9 Å². The molecule has 2 heterocycles. The van der Waals surface area contributed by atoms with Crippen molar-refractivity contribution in [3.8, 4) is 5.88 Å². The largest absolute Gasteiger partial charge is 0.470 e. The molecule has 134 valence electrons. The maximum absolute atomic E-state index is 12.4. The average Bonchev–Trinajstić information content (AvgIpc) is 3.11. The number of rotatable bonds is 5. The van der Waals surface area contributed by atoms with Crippen LogP contribution in [0.5, 0.6) is 5.88 Å². The zero-order chi connectivity index (χ0) is 18.6. The van der Waals surface area contributed by atoms with Gasteiger partial charge in [-0.15, -0.1) is 0 Å². The minimum Gasteiger partial charge on any atom is -0.470 e. The Labute approximate surface area is 156 Å². The van der Waals surface area contributed by atoms with Crippen molar-refractivity contribution in [3.63, 3.8) is 0 Å². The third-order valence-electron chi connectivity index (χ3n) is 4.19. The Kier molecular flexibility index (Phi) is 4.53. The molecule has 0 fully saturated rings. The number of aromatic amines is 1. The van der Waals surface area contributed by atoms with Gasteiger partial charge in [0, 0.05) is 12.3 Å². The summed E-state index contributed by atoms with van der Waals surface area (Å²) in [6.07, 6.45) is 1.36. The number of ether oxygens (including phenoxy) is 1. The number of anilines is 1. The first-order valence-corrected chi connectivity index (χ1v) is 8.63. The third kappa shape index (κ3) is 3.79. The van der Waals surface area contributed by atoms with E-state index in [0.717, 1.165) is 16.6 Å². The minimum atomic E-state index is -0.288. The molecule has 4 aromatic rings. The van der Waals surface area contributed by atoms with Gasteiger partial charge in [-0.3, -0.25) is 10.1 Å². The van der Waals surface area contributed by atoms with Gasteiger partial charge in [0.05, 0.1) is 16.6 Å². The van der Waals surface area contributed by atoms with Crippen molar-refractivity contribution in [2.24, 2.45) is 0 Å². The van der Waals surface area contributed by atoms with Crippen LogP contribution in [0.25, 0.3) is 11.0 Å². The summed E-state index contributed by atoms with van der Waals surface area (Å²) in [6, 6.07) is 20.8. The average molecular weight is 358 g/mol. The lowest BCUT2D eigenvalue weighted by atomic mass is 10.1. The molecular weight excluding hydrogens is 340 g/mol. The fourth-order valence-electron chi connectivity index (χ4n) is 2.75. The zero-order valence-corrected chi connectivity index (χ0v) is 14.7. The topological polar surface area (TPSA) is 79.9 Å². The molecule has 27 heavy (non-hydrogen) atoms. The van der Waals surface area contributed by atoms with Crippen molar-refractivity contribution < 1.29 is 9.53 Å². The second kappa shape index (κ2) is 7.29. The van der Waals surface area contributed by atoms with Gasteiger partial charge in [0.2, 0.25) is 11.8 Å². The summed E-state index contributed by atoms with van der Waals surface area (Å²) in [5.41, 5.74) is 3.15. The van der Waals surface area contributed by atoms with E-state index in [0.29, 0.717) is 17.4 Å². The van der Waals surface area contributed by atoms with E-state index in [1.54, 1.807) is 12.1 Å². The fourth-order valence-corrected chi connectivity index (χ4v) is 2.75. The van der Waals surface area contributed by atoms with Crippen LogP contribution in [0.4, 0.5) is 5.95 Å². The van der Waals surface area contributed by atoms with Crippen LogP contribution < -0.4 is 10.1 Å². The van der Waals surface area contributed by atoms with Crippen molar-refractivity contribution in [1.29, 1.82) is 0 Å². The van der Waals surface area contributed by atoms with Gasteiger partial charge < -0.3 is 9.72 Å². The van der Waals surface area contributed by atoms with E-state index in [-0.39, 0.29) is 12.0 Å². The summed E-state index contributed by atoms with van der Waals surface area (Å²) in [6.45, 7) is 1.96. The van der Waals surface area contributed by atoms with Crippen molar-refractivity contribution >= 4 is 22.9 Å². The molecule has 2 aromatic carbocycles. The highest BCUT2D eigenvalue weighted by Crippen LogP contribution is 2.20. The van der Waals surface area contributed by atoms with Crippen LogP contribution >= 0.6 is 0 Å². The normalized spacial score (nSPS) is 11.9. The molecule has 0 unspecified atom stereocenters. The number of benzene rings is 2. The maximum Gasteiger partial charge on any atom is 0.259 e. The van der Waals surface area contributed by atoms with Crippen LogP contribution in [0, 0.1) is 0 Å². The number of hydrogen-bond acceptors (Lipinski definition) is 4. The number of H-pyrrole nitrogens is 1. The van der Waals surface area contributed by atoms with Gasteiger partial charge in [-0.25, -0.2) is 9.97 Å². The molecule has 2 N–H and O–H groups in total. The number of carbonyl (C=O) groups is 1. The summed E-state index contributed by atoms with van der Waals surface area (Å²) >= 11 is 0. The Morgan fingerprint density at radius 1 is 1.04 bits per heavy atom. The highest BCUT2D eigenvalue weighted by atomic mass is 16.5. The summed E-state index contributed by atoms with van der Waals surface area (Å²) in [7, 11) is 0. The van der Waals surface area contributed by atoms with Crippen molar-refractivity contribution in [2.45, 2.75) is 13.0 Å². The first-order valence-electron chi connectivity index (χ1n) is 8.63. The Morgan fingerprint density at radius 3 is 2.56 bits per heavy atom. The molecule has 0 saturated carbocycles. The number of imidazole rings is 1. The van der Waals surface area contributed by atoms with Crippen LogP contribution in [-0.4, -0.2) is 20.9 Å². The number of fused-ring (bicyclic) bond motifs is 1. The van der Waals surface area contributed by atoms with Crippen LogP contribution in [0.3, 0.4) is 0 Å². The molecule has 0 aliphatic carbocycles. The molecular formula is C21H18N4O2. The lowest BCUT2D eigenvalue weighted by Gasteiger charge is -2.14. The van der Waals surface area contributed by atoms with Gasteiger partial charge in [-0.2, -0.15) is 0 Å². The number of aromatic nitrogens is 3. The van der Waals surface area contributed by atoms with Crippen molar-refractivity contribution in [1.82, 2.24) is 15.0 Å². The standard InChI is InChI=1S/C21H18N4O2/c1-14(15-7-3-2-4-8-15)27-19-12-11-16(13-22-19)20(26)25-21-23-17-9-5-6-10-18(17)24-21/h2-14H,1H3,(H2,23,24,25,26)/t14-/m1/s1. The summed E-state index contributed by atoms with van der Waals surface area (Å²) < 4.78 is 5.83. The zero-order valence-electron chi connectivity index (χ0n) is 14.7. The van der Waals surface area contributed by atoms with Gasteiger partial charge in [-0.1, -0.05) is 42.5 Å². The third-order valence-corrected chi connectivity index (χ3v) is 4.19. The first kappa shape index (κ1) is 16.8. The Hall–Kier alpha value is -3.67. The number of nitrogens with zero attached hydrogens (tertiary/aromatic N) is 2. The number of carbonyl (C=O) groups excluding carboxylic acids is 1. The van der Waals surface area contributed by atoms with Gasteiger partial charge in [-0.05, 0) is 30.7 Å². The monoisotopic (exact) mass is 358 g/mol. The highest BCUT2D eigenvalue weighted by molar-refractivity contribution is 6.03. The molecule has 0 bridgehead atoms. The summed E-state index contributed by atoms with van der Waals surface area (Å²) in [5.74, 6) is 0.579. The number of amides is 1. The minimum absolute atomic E-state index is 0.131. The second-order valence-corrected chi connectivity index (χ2v) is 6.11. The van der Waals surface area contributed by atoms with E-state index in [1.165, 1.54) is 6.20 Å². The second-order valence-electron chi connectivity index (χ2n) is 6.11. The van der Waals surface area contributed by atoms with Crippen molar-refractivity contribution in [3.05, 3.63) is 84.1 Å². The Balaban J connectivity index is 1.42. The SMILES string of the molecule is C[C@@H](Oc1ccc(C(=O)Nc2nc3ccccc3[nH]2)cn1)c1ccccc1. The van der Waals surface area contributed by atoms with E-state index >= 15 is 0 Å². The molecule has 0 spiro atoms. The molecule has 6 nitrogen and oxygen atoms in total.